The van der Waals surface area contributed by atoms with E-state index < -0.39 is 0 Å². The molecule has 3 nitrogen and oxygen atoms in total. The summed E-state index contributed by atoms with van der Waals surface area (Å²) in [6.07, 6.45) is 3.53. The van der Waals surface area contributed by atoms with Gasteiger partial charge < -0.3 is 4.52 Å². The van der Waals surface area contributed by atoms with E-state index in [0.717, 1.165) is 18.2 Å². The first kappa shape index (κ1) is 8.05. The number of aromatic nitrogens is 2. The molecule has 0 aliphatic heterocycles. The van der Waals surface area contributed by atoms with Gasteiger partial charge in [-0.1, -0.05) is 5.16 Å². The molecule has 0 radical (unpaired) electrons. The number of rotatable bonds is 3. The third-order valence-corrected chi connectivity index (χ3v) is 2.19. The molecule has 0 saturated heterocycles. The Labute approximate surface area is 76.1 Å². The van der Waals surface area contributed by atoms with Crippen molar-refractivity contribution in [3.63, 3.8) is 0 Å². The Morgan fingerprint density at radius 3 is 2.92 bits per heavy atom. The molecule has 0 spiro atoms. The second kappa shape index (κ2) is 3.05. The zero-order valence-corrected chi connectivity index (χ0v) is 7.71. The van der Waals surface area contributed by atoms with E-state index in [-0.39, 0.29) is 5.38 Å². The molecule has 4 heteroatoms. The molecule has 12 heavy (non-hydrogen) atoms. The van der Waals surface area contributed by atoms with Gasteiger partial charge in [0.2, 0.25) is 5.89 Å². The summed E-state index contributed by atoms with van der Waals surface area (Å²) in [6, 6.07) is 0. The van der Waals surface area contributed by atoms with Crippen molar-refractivity contribution in [3.05, 3.63) is 11.7 Å². The maximum Gasteiger partial charge on any atom is 0.226 e. The molecule has 1 aliphatic carbocycles. The van der Waals surface area contributed by atoms with Gasteiger partial charge in [0, 0.05) is 6.42 Å². The van der Waals surface area contributed by atoms with Gasteiger partial charge >= 0.3 is 0 Å². The Hall–Kier alpha value is -0.570. The van der Waals surface area contributed by atoms with E-state index in [2.05, 4.69) is 10.1 Å². The van der Waals surface area contributed by atoms with E-state index in [1.165, 1.54) is 12.8 Å². The molecule has 0 N–H and O–H groups in total. The molecule has 1 heterocycles. The highest BCUT2D eigenvalue weighted by Crippen LogP contribution is 2.32. The van der Waals surface area contributed by atoms with Crippen molar-refractivity contribution in [3.8, 4) is 0 Å². The molecule has 1 aromatic heterocycles. The van der Waals surface area contributed by atoms with Gasteiger partial charge in [-0.3, -0.25) is 0 Å². The Kier molecular flexibility index (Phi) is 2.05. The van der Waals surface area contributed by atoms with Gasteiger partial charge in [0.05, 0.1) is 5.38 Å². The number of alkyl halides is 1. The molecular formula is C8H11ClN2O. The van der Waals surface area contributed by atoms with Crippen LogP contribution in [0.15, 0.2) is 4.52 Å². The fraction of sp³-hybridized carbons (Fsp3) is 0.750. The highest BCUT2D eigenvalue weighted by atomic mass is 35.5. The summed E-state index contributed by atoms with van der Waals surface area (Å²) in [4.78, 5) is 4.18. The first-order valence-corrected chi connectivity index (χ1v) is 4.66. The van der Waals surface area contributed by atoms with Gasteiger partial charge in [0.1, 0.15) is 0 Å². The lowest BCUT2D eigenvalue weighted by Gasteiger charge is -1.89. The van der Waals surface area contributed by atoms with Gasteiger partial charge in [-0.05, 0) is 25.7 Å². The minimum Gasteiger partial charge on any atom is -0.339 e. The van der Waals surface area contributed by atoms with Crippen LogP contribution in [0, 0.1) is 5.92 Å². The van der Waals surface area contributed by atoms with Crippen LogP contribution in [0.2, 0.25) is 0 Å². The fourth-order valence-electron chi connectivity index (χ4n) is 1.08. The van der Waals surface area contributed by atoms with Crippen molar-refractivity contribution in [1.29, 1.82) is 0 Å². The molecule has 0 amide bonds. The zero-order chi connectivity index (χ0) is 8.55. The predicted molar refractivity (Wildman–Crippen MR) is 45.0 cm³/mol. The third kappa shape index (κ3) is 1.78. The van der Waals surface area contributed by atoms with Crippen LogP contribution in [0.25, 0.3) is 0 Å². The summed E-state index contributed by atoms with van der Waals surface area (Å²) in [5, 5.41) is 3.63. The van der Waals surface area contributed by atoms with Crippen molar-refractivity contribution in [2.75, 3.05) is 0 Å². The van der Waals surface area contributed by atoms with E-state index >= 15 is 0 Å². The summed E-state index contributed by atoms with van der Waals surface area (Å²) >= 11 is 5.78. The van der Waals surface area contributed by atoms with Crippen LogP contribution in [-0.2, 0) is 6.42 Å². The van der Waals surface area contributed by atoms with E-state index in [9.17, 15) is 0 Å². The first-order valence-electron chi connectivity index (χ1n) is 4.22. The van der Waals surface area contributed by atoms with E-state index in [1.54, 1.807) is 0 Å². The molecule has 66 valence electrons. The van der Waals surface area contributed by atoms with E-state index in [0.29, 0.717) is 5.82 Å². The highest BCUT2D eigenvalue weighted by Gasteiger charge is 2.24. The summed E-state index contributed by atoms with van der Waals surface area (Å²) in [5.41, 5.74) is 0. The van der Waals surface area contributed by atoms with Crippen LogP contribution in [-0.4, -0.2) is 10.1 Å². The second-order valence-electron chi connectivity index (χ2n) is 3.31. The molecule has 0 aromatic carbocycles. The van der Waals surface area contributed by atoms with Crippen molar-refractivity contribution >= 4 is 11.6 Å². The van der Waals surface area contributed by atoms with Crippen LogP contribution in [0.5, 0.6) is 0 Å². The average Bonchev–Trinajstić information content (AvgIpc) is 2.66. The van der Waals surface area contributed by atoms with Gasteiger partial charge in [0.15, 0.2) is 5.82 Å². The summed E-state index contributed by atoms with van der Waals surface area (Å²) in [7, 11) is 0. The third-order valence-electron chi connectivity index (χ3n) is 2.00. The highest BCUT2D eigenvalue weighted by molar-refractivity contribution is 6.20. The van der Waals surface area contributed by atoms with Gasteiger partial charge in [0.25, 0.3) is 0 Å². The molecule has 0 bridgehead atoms. The molecule has 1 aliphatic rings. The minimum absolute atomic E-state index is 0.151. The number of hydrogen-bond donors (Lipinski definition) is 0. The fourth-order valence-corrected chi connectivity index (χ4v) is 1.17. The smallest absolute Gasteiger partial charge is 0.226 e. The molecule has 1 saturated carbocycles. The van der Waals surface area contributed by atoms with Crippen LogP contribution in [0.3, 0.4) is 0 Å². The molecule has 2 rings (SSSR count). The average molecular weight is 187 g/mol. The summed E-state index contributed by atoms with van der Waals surface area (Å²) in [5.74, 6) is 2.12. The zero-order valence-electron chi connectivity index (χ0n) is 6.96. The standard InChI is InChI=1S/C8H11ClN2O/c1-5(9)8-10-7(12-11-8)4-6-2-3-6/h5-6H,2-4H2,1H3. The minimum atomic E-state index is -0.151. The first-order chi connectivity index (χ1) is 5.75. The molecule has 1 unspecified atom stereocenters. The molecule has 1 atom stereocenters. The second-order valence-corrected chi connectivity index (χ2v) is 3.96. The molecule has 1 fully saturated rings. The summed E-state index contributed by atoms with van der Waals surface area (Å²) in [6.45, 7) is 1.84. The van der Waals surface area contributed by atoms with Crippen LogP contribution < -0.4 is 0 Å². The Morgan fingerprint density at radius 2 is 2.42 bits per heavy atom. The van der Waals surface area contributed by atoms with Gasteiger partial charge in [-0.2, -0.15) is 4.98 Å². The molecule has 1 aromatic rings. The maximum atomic E-state index is 5.78. The van der Waals surface area contributed by atoms with Crippen molar-refractivity contribution in [2.45, 2.75) is 31.6 Å². The SMILES string of the molecule is CC(Cl)c1noc(CC2CC2)n1. The summed E-state index contributed by atoms with van der Waals surface area (Å²) < 4.78 is 5.03. The maximum absolute atomic E-state index is 5.78. The van der Waals surface area contributed by atoms with Gasteiger partial charge in [-0.15, -0.1) is 11.6 Å². The Morgan fingerprint density at radius 1 is 1.67 bits per heavy atom. The Balaban J connectivity index is 2.02. The monoisotopic (exact) mass is 186 g/mol. The van der Waals surface area contributed by atoms with Crippen LogP contribution >= 0.6 is 11.6 Å². The molecular weight excluding hydrogens is 176 g/mol. The quantitative estimate of drug-likeness (QED) is 0.681. The van der Waals surface area contributed by atoms with E-state index in [1.807, 2.05) is 6.92 Å². The lowest BCUT2D eigenvalue weighted by Crippen LogP contribution is -1.89. The van der Waals surface area contributed by atoms with Crippen LogP contribution in [0.1, 0.15) is 36.9 Å². The van der Waals surface area contributed by atoms with Crippen molar-refractivity contribution < 1.29 is 4.52 Å². The lowest BCUT2D eigenvalue weighted by atomic mass is 10.3. The number of halogens is 1. The van der Waals surface area contributed by atoms with Gasteiger partial charge in [-0.25, -0.2) is 0 Å². The van der Waals surface area contributed by atoms with Crippen LogP contribution in [0.4, 0.5) is 0 Å². The normalized spacial score (nSPS) is 19.5. The predicted octanol–water partition coefficient (Wildman–Crippen LogP) is 2.32. The van der Waals surface area contributed by atoms with Crippen molar-refractivity contribution in [1.82, 2.24) is 10.1 Å². The van der Waals surface area contributed by atoms with E-state index in [4.69, 9.17) is 16.1 Å². The van der Waals surface area contributed by atoms with Crippen molar-refractivity contribution in [2.24, 2.45) is 5.92 Å². The largest absolute Gasteiger partial charge is 0.339 e. The topological polar surface area (TPSA) is 38.9 Å². The number of nitrogens with zero attached hydrogens (tertiary/aromatic N) is 2. The Bertz CT molecular complexity index is 268. The lowest BCUT2D eigenvalue weighted by molar-refractivity contribution is 0.368. The number of hydrogen-bond acceptors (Lipinski definition) is 3.